The van der Waals surface area contributed by atoms with Crippen molar-refractivity contribution in [3.8, 4) is 0 Å². The summed E-state index contributed by atoms with van der Waals surface area (Å²) in [5.74, 6) is -0.121. The minimum atomic E-state index is -0.821. The summed E-state index contributed by atoms with van der Waals surface area (Å²) in [4.78, 5) is 36.0. The molecule has 1 aromatic carbocycles. The molecule has 0 atom stereocenters. The number of thioether (sulfide) groups is 1. The van der Waals surface area contributed by atoms with Crippen molar-refractivity contribution in [3.63, 3.8) is 0 Å². The standard InChI is InChI=1S/C13H16N4O5S/c1-16(2)7-8-23-13(14)15-9-21-22-12(18)10-3-5-11(6-4-10)17(19)20/h3-6,9,14H,7-8H2,1-2H3. The summed E-state index contributed by atoms with van der Waals surface area (Å²) in [6.07, 6.45) is 0.842. The molecule has 0 aliphatic heterocycles. The van der Waals surface area contributed by atoms with Crippen LogP contribution in [0.25, 0.3) is 0 Å². The molecule has 0 heterocycles. The quantitative estimate of drug-likeness (QED) is 0.265. The fourth-order valence-electron chi connectivity index (χ4n) is 1.26. The topological polar surface area (TPSA) is 118 Å². The number of amidine groups is 1. The van der Waals surface area contributed by atoms with E-state index < -0.39 is 10.9 Å². The van der Waals surface area contributed by atoms with Crippen LogP contribution in [-0.2, 0) is 9.78 Å². The number of nitro groups is 1. The van der Waals surface area contributed by atoms with Crippen LogP contribution in [0.3, 0.4) is 0 Å². The molecule has 0 saturated heterocycles. The van der Waals surface area contributed by atoms with Gasteiger partial charge in [-0.15, -0.1) is 0 Å². The highest BCUT2D eigenvalue weighted by Crippen LogP contribution is 2.12. The predicted molar refractivity (Wildman–Crippen MR) is 86.8 cm³/mol. The zero-order valence-electron chi connectivity index (χ0n) is 12.6. The molecule has 10 heteroatoms. The smallest absolute Gasteiger partial charge is 0.309 e. The third kappa shape index (κ3) is 7.38. The van der Waals surface area contributed by atoms with Crippen LogP contribution in [0, 0.1) is 15.5 Å². The highest BCUT2D eigenvalue weighted by molar-refractivity contribution is 8.13. The average molecular weight is 340 g/mol. The molecule has 0 aliphatic carbocycles. The van der Waals surface area contributed by atoms with Gasteiger partial charge in [0, 0.05) is 24.4 Å². The Kier molecular flexibility index (Phi) is 7.71. The first-order valence-corrected chi connectivity index (χ1v) is 7.39. The molecule has 0 unspecified atom stereocenters. The number of aliphatic imine (C=N–C) groups is 1. The third-order valence-corrected chi connectivity index (χ3v) is 3.19. The van der Waals surface area contributed by atoms with Gasteiger partial charge < -0.3 is 4.90 Å². The highest BCUT2D eigenvalue weighted by Gasteiger charge is 2.11. The average Bonchev–Trinajstić information content (AvgIpc) is 2.51. The number of rotatable bonds is 7. The van der Waals surface area contributed by atoms with Crippen LogP contribution < -0.4 is 0 Å². The van der Waals surface area contributed by atoms with Crippen LogP contribution in [0.1, 0.15) is 10.4 Å². The Morgan fingerprint density at radius 2 is 2.09 bits per heavy atom. The lowest BCUT2D eigenvalue weighted by Gasteiger charge is -2.07. The maximum absolute atomic E-state index is 11.6. The number of nitrogens with zero attached hydrogens (tertiary/aromatic N) is 3. The molecule has 1 rings (SSSR count). The molecule has 124 valence electrons. The van der Waals surface area contributed by atoms with Crippen molar-refractivity contribution in [2.24, 2.45) is 4.99 Å². The molecule has 23 heavy (non-hydrogen) atoms. The maximum Gasteiger partial charge on any atom is 0.386 e. The summed E-state index contributed by atoms with van der Waals surface area (Å²) in [6.45, 7) is 0.804. The second kappa shape index (κ2) is 9.54. The number of nitro benzene ring substituents is 1. The minimum Gasteiger partial charge on any atom is -0.309 e. The molecular weight excluding hydrogens is 324 g/mol. The van der Waals surface area contributed by atoms with Crippen molar-refractivity contribution in [1.82, 2.24) is 4.90 Å². The summed E-state index contributed by atoms with van der Waals surface area (Å²) in [5, 5.41) is 18.0. The SMILES string of the molecule is CN(C)CCSC(=N)N=COOC(=O)c1ccc([N+](=O)[O-])cc1. The van der Waals surface area contributed by atoms with Crippen molar-refractivity contribution in [1.29, 1.82) is 5.41 Å². The zero-order valence-corrected chi connectivity index (χ0v) is 13.4. The maximum atomic E-state index is 11.6. The van der Waals surface area contributed by atoms with E-state index in [4.69, 9.17) is 5.41 Å². The summed E-state index contributed by atoms with van der Waals surface area (Å²) in [5.41, 5.74) is -0.0355. The van der Waals surface area contributed by atoms with Crippen molar-refractivity contribution >= 4 is 35.0 Å². The Hall–Kier alpha value is -2.46. The van der Waals surface area contributed by atoms with Gasteiger partial charge in [0.25, 0.3) is 5.69 Å². The highest BCUT2D eigenvalue weighted by atomic mass is 32.2. The second-order valence-corrected chi connectivity index (χ2v) is 5.55. The van der Waals surface area contributed by atoms with E-state index in [1.807, 2.05) is 19.0 Å². The predicted octanol–water partition coefficient (Wildman–Crippen LogP) is 1.94. The molecule has 0 amide bonds. The van der Waals surface area contributed by atoms with Crippen molar-refractivity contribution in [2.75, 3.05) is 26.4 Å². The van der Waals surface area contributed by atoms with E-state index in [2.05, 4.69) is 14.8 Å². The van der Waals surface area contributed by atoms with Gasteiger partial charge >= 0.3 is 5.97 Å². The number of carbonyl (C=O) groups excluding carboxylic acids is 1. The summed E-state index contributed by atoms with van der Waals surface area (Å²) < 4.78 is 0. The van der Waals surface area contributed by atoms with E-state index in [0.717, 1.165) is 12.9 Å². The molecule has 0 fully saturated rings. The zero-order chi connectivity index (χ0) is 17.2. The van der Waals surface area contributed by atoms with Crippen LogP contribution >= 0.6 is 11.8 Å². The van der Waals surface area contributed by atoms with Gasteiger partial charge in [0.05, 0.1) is 10.5 Å². The lowest BCUT2D eigenvalue weighted by atomic mass is 10.2. The molecule has 9 nitrogen and oxygen atoms in total. The number of non-ortho nitro benzene ring substituents is 1. The van der Waals surface area contributed by atoms with Crippen molar-refractivity contribution < 1.29 is 19.5 Å². The van der Waals surface area contributed by atoms with Crippen molar-refractivity contribution in [2.45, 2.75) is 0 Å². The normalized spacial score (nSPS) is 10.7. The van der Waals surface area contributed by atoms with Crippen LogP contribution in [0.15, 0.2) is 29.3 Å². The first-order chi connectivity index (χ1) is 10.9. The van der Waals surface area contributed by atoms with Crippen LogP contribution in [0.4, 0.5) is 5.69 Å². The largest absolute Gasteiger partial charge is 0.386 e. The molecule has 1 aromatic rings. The molecule has 0 spiro atoms. The lowest BCUT2D eigenvalue weighted by molar-refractivity contribution is -0.384. The first kappa shape index (κ1) is 18.6. The van der Waals surface area contributed by atoms with E-state index >= 15 is 0 Å². The van der Waals surface area contributed by atoms with Crippen LogP contribution in [0.2, 0.25) is 0 Å². The molecule has 1 N–H and O–H groups in total. The lowest BCUT2D eigenvalue weighted by Crippen LogP contribution is -2.15. The van der Waals surface area contributed by atoms with E-state index in [0.29, 0.717) is 5.75 Å². The summed E-state index contributed by atoms with van der Waals surface area (Å²) in [7, 11) is 3.85. The molecule has 0 aromatic heterocycles. The fourth-order valence-corrected chi connectivity index (χ4v) is 2.03. The Labute approximate surface area is 136 Å². The Morgan fingerprint density at radius 3 is 2.65 bits per heavy atom. The molecular formula is C13H16N4O5S. The first-order valence-electron chi connectivity index (χ1n) is 6.41. The van der Waals surface area contributed by atoms with Gasteiger partial charge in [-0.3, -0.25) is 20.4 Å². The van der Waals surface area contributed by atoms with Gasteiger partial charge in [0.1, 0.15) is 0 Å². The molecule has 0 saturated carbocycles. The van der Waals surface area contributed by atoms with Crippen LogP contribution in [-0.4, -0.2) is 53.8 Å². The van der Waals surface area contributed by atoms with Gasteiger partial charge in [-0.1, -0.05) is 11.8 Å². The monoisotopic (exact) mass is 340 g/mol. The molecule has 0 bridgehead atoms. The van der Waals surface area contributed by atoms with E-state index in [9.17, 15) is 14.9 Å². The Bertz CT molecular complexity index is 589. The number of nitrogens with one attached hydrogen (secondary N) is 1. The van der Waals surface area contributed by atoms with Gasteiger partial charge in [-0.2, -0.15) is 4.99 Å². The fraction of sp³-hybridized carbons (Fsp3) is 0.308. The van der Waals surface area contributed by atoms with Gasteiger partial charge in [-0.25, -0.2) is 9.68 Å². The number of carbonyl (C=O) groups is 1. The number of hydrogen-bond donors (Lipinski definition) is 1. The summed E-state index contributed by atoms with van der Waals surface area (Å²) in [6, 6.07) is 4.86. The molecule has 0 aliphatic rings. The van der Waals surface area contributed by atoms with Crippen LogP contribution in [0.5, 0.6) is 0 Å². The van der Waals surface area contributed by atoms with Gasteiger partial charge in [-0.05, 0) is 26.2 Å². The third-order valence-electron chi connectivity index (χ3n) is 2.43. The van der Waals surface area contributed by atoms with E-state index in [1.165, 1.54) is 36.0 Å². The number of benzene rings is 1. The van der Waals surface area contributed by atoms with Crippen molar-refractivity contribution in [3.05, 3.63) is 39.9 Å². The second-order valence-electron chi connectivity index (χ2n) is 4.46. The van der Waals surface area contributed by atoms with E-state index in [1.54, 1.807) is 0 Å². The minimum absolute atomic E-state index is 0.0261. The van der Waals surface area contributed by atoms with E-state index in [-0.39, 0.29) is 16.4 Å². The Balaban J connectivity index is 2.34. The van der Waals surface area contributed by atoms with Gasteiger partial charge in [0.15, 0.2) is 5.17 Å². The summed E-state index contributed by atoms with van der Waals surface area (Å²) >= 11 is 1.22. The Morgan fingerprint density at radius 1 is 1.43 bits per heavy atom. The van der Waals surface area contributed by atoms with Gasteiger partial charge in [0.2, 0.25) is 6.40 Å². The number of hydrogen-bond acceptors (Lipinski definition) is 8. The molecule has 0 radical (unpaired) electrons.